The molecule has 0 saturated carbocycles. The summed E-state index contributed by atoms with van der Waals surface area (Å²) in [6.45, 7) is 1.18. The van der Waals surface area contributed by atoms with Crippen molar-refractivity contribution in [2.24, 2.45) is 0 Å². The first kappa shape index (κ1) is 22.7. The third-order valence-corrected chi connectivity index (χ3v) is 4.45. The molecule has 6 N–H and O–H groups in total. The molecule has 154 valence electrons. The van der Waals surface area contributed by atoms with Crippen molar-refractivity contribution in [2.45, 2.75) is 25.3 Å². The molecule has 0 aliphatic rings. The quantitative estimate of drug-likeness (QED) is 0.134. The first-order valence-electron chi connectivity index (χ1n) is 6.97. The highest BCUT2D eigenvalue weighted by Gasteiger charge is 2.66. The molecule has 0 aliphatic carbocycles. The Labute approximate surface area is 157 Å². The fourth-order valence-corrected chi connectivity index (χ4v) is 3.35. The van der Waals surface area contributed by atoms with Crippen LogP contribution >= 0.6 is 24.1 Å². The van der Waals surface area contributed by atoms with Crippen molar-refractivity contribution >= 4 is 41.1 Å². The fourth-order valence-electron chi connectivity index (χ4n) is 1.96. The van der Waals surface area contributed by atoms with Crippen molar-refractivity contribution < 1.29 is 52.1 Å². The molecular formula is C9H14N5O11P3+2. The molecule has 0 bridgehead atoms. The SMILES string of the molecule is CC(Cn1cnc2c(N)ncnc21)OC(OOP(=O)(O)O)(O[P+](=O)O)[P+](=O)O. The van der Waals surface area contributed by atoms with E-state index < -0.39 is 35.9 Å². The summed E-state index contributed by atoms with van der Waals surface area (Å²) in [5.74, 6) is 0.101. The van der Waals surface area contributed by atoms with Crippen LogP contribution in [0.25, 0.3) is 11.2 Å². The molecule has 0 aliphatic heterocycles. The van der Waals surface area contributed by atoms with Crippen molar-refractivity contribution in [3.8, 4) is 0 Å². The Bertz CT molecular complexity index is 934. The molecule has 2 rings (SSSR count). The lowest BCUT2D eigenvalue weighted by molar-refractivity contribution is -0.423. The van der Waals surface area contributed by atoms with Gasteiger partial charge in [-0.15, -0.1) is 14.5 Å². The molecule has 4 atom stereocenters. The number of fused-ring (bicyclic) bond motifs is 1. The van der Waals surface area contributed by atoms with Crippen LogP contribution < -0.4 is 5.73 Å². The van der Waals surface area contributed by atoms with Crippen molar-refractivity contribution in [3.05, 3.63) is 12.7 Å². The minimum absolute atomic E-state index is 0.101. The molecule has 28 heavy (non-hydrogen) atoms. The largest absolute Gasteiger partial charge is 0.704 e. The van der Waals surface area contributed by atoms with E-state index in [1.54, 1.807) is 0 Å². The van der Waals surface area contributed by atoms with Crippen LogP contribution in [0.4, 0.5) is 5.82 Å². The van der Waals surface area contributed by atoms with Gasteiger partial charge in [0.2, 0.25) is 0 Å². The van der Waals surface area contributed by atoms with Crippen molar-refractivity contribution in [1.29, 1.82) is 0 Å². The van der Waals surface area contributed by atoms with Gasteiger partial charge in [0.1, 0.15) is 11.8 Å². The number of rotatable bonds is 10. The van der Waals surface area contributed by atoms with Crippen LogP contribution in [0.3, 0.4) is 0 Å². The minimum Gasteiger partial charge on any atom is -0.382 e. The number of nitrogens with two attached hydrogens (primary N) is 1. The Morgan fingerprint density at radius 3 is 2.57 bits per heavy atom. The van der Waals surface area contributed by atoms with Gasteiger partial charge in [-0.05, 0) is 11.5 Å². The monoisotopic (exact) mass is 461 g/mol. The Hall–Kier alpha value is -1.54. The second-order valence-electron chi connectivity index (χ2n) is 5.03. The number of hydrogen-bond donors (Lipinski definition) is 5. The molecule has 19 heteroatoms. The van der Waals surface area contributed by atoms with E-state index >= 15 is 0 Å². The molecule has 4 unspecified atom stereocenters. The Kier molecular flexibility index (Phi) is 7.20. The summed E-state index contributed by atoms with van der Waals surface area (Å²) in [5, 5.41) is 0. The second kappa shape index (κ2) is 8.86. The van der Waals surface area contributed by atoms with E-state index in [2.05, 4.69) is 29.0 Å². The smallest absolute Gasteiger partial charge is 0.382 e. The lowest BCUT2D eigenvalue weighted by Gasteiger charge is -2.19. The van der Waals surface area contributed by atoms with E-state index in [1.807, 2.05) is 0 Å². The van der Waals surface area contributed by atoms with Crippen molar-refractivity contribution in [1.82, 2.24) is 19.5 Å². The van der Waals surface area contributed by atoms with Gasteiger partial charge in [0, 0.05) is 9.09 Å². The van der Waals surface area contributed by atoms with Gasteiger partial charge in [-0.25, -0.2) is 19.5 Å². The number of ether oxygens (including phenoxy) is 1. The summed E-state index contributed by atoms with van der Waals surface area (Å²) >= 11 is 0. The molecule has 0 amide bonds. The summed E-state index contributed by atoms with van der Waals surface area (Å²) in [6, 6.07) is 0. The molecule has 2 heterocycles. The molecule has 0 fully saturated rings. The van der Waals surface area contributed by atoms with Gasteiger partial charge in [0.25, 0.3) is 0 Å². The van der Waals surface area contributed by atoms with Crippen LogP contribution in [0.5, 0.6) is 0 Å². The summed E-state index contributed by atoms with van der Waals surface area (Å²) < 4.78 is 47.7. The molecule has 16 nitrogen and oxygen atoms in total. The minimum atomic E-state index is -5.33. The van der Waals surface area contributed by atoms with Gasteiger partial charge >= 0.3 is 29.8 Å². The Morgan fingerprint density at radius 1 is 1.32 bits per heavy atom. The highest BCUT2D eigenvalue weighted by atomic mass is 31.2. The lowest BCUT2D eigenvalue weighted by Crippen LogP contribution is -2.38. The topological polar surface area (TPSA) is 239 Å². The highest BCUT2D eigenvalue weighted by Crippen LogP contribution is 2.49. The second-order valence-corrected chi connectivity index (χ2v) is 7.91. The van der Waals surface area contributed by atoms with E-state index in [1.165, 1.54) is 24.1 Å². The maximum atomic E-state index is 11.6. The van der Waals surface area contributed by atoms with Gasteiger partial charge in [-0.1, -0.05) is 0 Å². The molecule has 0 radical (unpaired) electrons. The standard InChI is InChI=1S/C9H12N5O11P3/c1-5(2-14-4-13-6-7(10)11-3-12-8(6)14)22-9(26(15)16,24-27(17)18)23-25-28(19,20)21/h3-5H,2H2,1H3,(H4-2,10,11,12,15,16,17,18,19,20,21)/p+2. The normalized spacial score (nSPS) is 16.6. The molecule has 0 spiro atoms. The third kappa shape index (κ3) is 5.73. The summed E-state index contributed by atoms with van der Waals surface area (Å²) in [6.07, 6.45) is 1.35. The van der Waals surface area contributed by atoms with E-state index in [-0.39, 0.29) is 23.5 Å². The van der Waals surface area contributed by atoms with Crippen LogP contribution in [0.2, 0.25) is 0 Å². The van der Waals surface area contributed by atoms with Gasteiger partial charge in [0.15, 0.2) is 11.5 Å². The first-order chi connectivity index (χ1) is 12.9. The lowest BCUT2D eigenvalue weighted by atomic mass is 10.4. The predicted octanol–water partition coefficient (Wildman–Crippen LogP) is -0.133. The van der Waals surface area contributed by atoms with Crippen molar-refractivity contribution in [3.63, 3.8) is 0 Å². The number of hydrogen-bond acceptors (Lipinski definition) is 11. The Balaban J connectivity index is 2.26. The average molecular weight is 461 g/mol. The zero-order valence-electron chi connectivity index (χ0n) is 13.8. The highest BCUT2D eigenvalue weighted by molar-refractivity contribution is 7.46. The summed E-state index contributed by atoms with van der Waals surface area (Å²) in [4.78, 5) is 51.5. The predicted molar refractivity (Wildman–Crippen MR) is 88.0 cm³/mol. The summed E-state index contributed by atoms with van der Waals surface area (Å²) in [5.41, 5.74) is 2.89. The van der Waals surface area contributed by atoms with E-state index in [4.69, 9.17) is 25.2 Å². The molecular weight excluding hydrogens is 447 g/mol. The van der Waals surface area contributed by atoms with Crippen molar-refractivity contribution in [2.75, 3.05) is 5.73 Å². The number of imidazole rings is 1. The van der Waals surface area contributed by atoms with Crippen LogP contribution in [-0.4, -0.2) is 50.9 Å². The molecule has 2 aromatic heterocycles. The van der Waals surface area contributed by atoms with Crippen LogP contribution in [0.15, 0.2) is 12.7 Å². The zero-order chi connectivity index (χ0) is 21.1. The zero-order valence-corrected chi connectivity index (χ0v) is 16.5. The van der Waals surface area contributed by atoms with Gasteiger partial charge in [0.05, 0.1) is 19.0 Å². The van der Waals surface area contributed by atoms with E-state index in [0.29, 0.717) is 0 Å². The number of phosphoric acid groups is 1. The maximum Gasteiger partial charge on any atom is 0.704 e. The summed E-state index contributed by atoms with van der Waals surface area (Å²) in [7, 11) is -12.7. The van der Waals surface area contributed by atoms with Crippen LogP contribution in [0, 0.1) is 0 Å². The fraction of sp³-hybridized carbons (Fsp3) is 0.444. The molecule has 0 saturated heterocycles. The van der Waals surface area contributed by atoms with Crippen LogP contribution in [0.1, 0.15) is 6.92 Å². The first-order valence-corrected chi connectivity index (χ1v) is 10.8. The number of anilines is 1. The van der Waals surface area contributed by atoms with Gasteiger partial charge in [-0.3, -0.25) is 4.74 Å². The van der Waals surface area contributed by atoms with E-state index in [0.717, 1.165) is 0 Å². The van der Waals surface area contributed by atoms with Crippen LogP contribution in [-0.2, 0) is 39.1 Å². The van der Waals surface area contributed by atoms with Gasteiger partial charge in [-0.2, -0.15) is 4.89 Å². The van der Waals surface area contributed by atoms with E-state index in [9.17, 15) is 18.6 Å². The molecule has 2 aromatic rings. The number of aromatic nitrogens is 4. The Morgan fingerprint density at radius 2 is 2.00 bits per heavy atom. The molecule has 0 aromatic carbocycles. The van der Waals surface area contributed by atoms with Gasteiger partial charge < -0.3 is 20.1 Å². The number of nitrogen functional groups attached to an aromatic ring is 1. The number of nitrogens with zero attached hydrogens (tertiary/aromatic N) is 4. The maximum absolute atomic E-state index is 11.6. The third-order valence-electron chi connectivity index (χ3n) is 2.90. The average Bonchev–Trinajstić information content (AvgIpc) is 2.95.